The number of hydrogen-bond acceptors (Lipinski definition) is 6. The molecule has 1 aromatic carbocycles. The number of nitrogens with one attached hydrogen (secondary N) is 1. The normalized spacial score (nSPS) is 12.5. The number of aryl methyl sites for hydroxylation is 1. The van der Waals surface area contributed by atoms with Crippen LogP contribution in [0.15, 0.2) is 36.9 Å². The fraction of sp³-hybridized carbons (Fsp3) is 0.458. The van der Waals surface area contributed by atoms with E-state index in [1.807, 2.05) is 40.3 Å². The highest BCUT2D eigenvalue weighted by Crippen LogP contribution is 2.24. The van der Waals surface area contributed by atoms with E-state index >= 15 is 0 Å². The van der Waals surface area contributed by atoms with Crippen LogP contribution in [0, 0.1) is 12.8 Å². The van der Waals surface area contributed by atoms with Gasteiger partial charge in [0.05, 0.1) is 17.4 Å². The summed E-state index contributed by atoms with van der Waals surface area (Å²) in [5.41, 5.74) is 3.57. The van der Waals surface area contributed by atoms with Crippen LogP contribution in [-0.4, -0.2) is 41.5 Å². The number of Topliss-reactive ketones (excluding diaryl/α,β-unsaturated/α-hetero) is 1. The molecule has 0 saturated heterocycles. The van der Waals surface area contributed by atoms with E-state index in [0.717, 1.165) is 66.2 Å². The molecule has 0 saturated carbocycles. The molecule has 3 aromatic heterocycles. The third-order valence-corrected chi connectivity index (χ3v) is 5.97. The number of imidazole rings is 1. The third kappa shape index (κ3) is 4.79. The number of carbonyl (C=O) groups is 1. The highest BCUT2D eigenvalue weighted by Gasteiger charge is 2.14. The lowest BCUT2D eigenvalue weighted by Gasteiger charge is -2.11. The fourth-order valence-electron chi connectivity index (χ4n) is 3.92. The molecule has 8 heteroatoms. The molecular formula is C24H31N7O. The van der Waals surface area contributed by atoms with Crippen LogP contribution in [0.3, 0.4) is 0 Å². The summed E-state index contributed by atoms with van der Waals surface area (Å²) < 4.78 is 4.00. The molecule has 8 nitrogen and oxygen atoms in total. The van der Waals surface area contributed by atoms with Gasteiger partial charge in [-0.15, -0.1) is 10.2 Å². The number of fused-ring (bicyclic) bond motifs is 3. The number of aromatic nitrogens is 6. The molecule has 0 aliphatic heterocycles. The zero-order chi connectivity index (χ0) is 22.5. The molecule has 1 N–H and O–H groups in total. The molecule has 0 aliphatic rings. The SMILES string of the molecule is CCC(C)CC(=O)CCCCCNc1nc2cc(-n3ccnc3)ccc2n2c(C)nnc12. The molecule has 168 valence electrons. The first-order valence-electron chi connectivity index (χ1n) is 11.5. The van der Waals surface area contributed by atoms with Gasteiger partial charge in [-0.05, 0) is 43.9 Å². The van der Waals surface area contributed by atoms with Crippen molar-refractivity contribution < 1.29 is 4.79 Å². The Kier molecular flexibility index (Phi) is 6.78. The summed E-state index contributed by atoms with van der Waals surface area (Å²) in [6.45, 7) is 7.00. The minimum absolute atomic E-state index is 0.387. The van der Waals surface area contributed by atoms with Crippen LogP contribution < -0.4 is 5.32 Å². The van der Waals surface area contributed by atoms with Crippen molar-refractivity contribution >= 4 is 28.3 Å². The van der Waals surface area contributed by atoms with Crippen LogP contribution in [0.4, 0.5) is 5.82 Å². The molecule has 0 fully saturated rings. The van der Waals surface area contributed by atoms with E-state index in [1.54, 1.807) is 12.5 Å². The summed E-state index contributed by atoms with van der Waals surface area (Å²) in [7, 11) is 0. The standard InChI is InChI=1S/C24H31N7O/c1-4-17(2)14-20(32)8-6-5-7-11-26-23-24-29-28-18(3)31(24)22-10-9-19(15-21(22)27-23)30-13-12-25-16-30/h9-10,12-13,15-17H,4-8,11,14H2,1-3H3,(H,26,27). The van der Waals surface area contributed by atoms with Gasteiger partial charge in [-0.25, -0.2) is 9.97 Å². The van der Waals surface area contributed by atoms with Crippen molar-refractivity contribution in [3.05, 3.63) is 42.7 Å². The summed E-state index contributed by atoms with van der Waals surface area (Å²) in [6, 6.07) is 6.13. The van der Waals surface area contributed by atoms with Crippen LogP contribution in [0.2, 0.25) is 0 Å². The number of benzene rings is 1. The molecular weight excluding hydrogens is 402 g/mol. The molecule has 3 heterocycles. The summed E-state index contributed by atoms with van der Waals surface area (Å²) in [6.07, 6.45) is 10.8. The summed E-state index contributed by atoms with van der Waals surface area (Å²) in [4.78, 5) is 21.0. The highest BCUT2D eigenvalue weighted by atomic mass is 16.1. The maximum absolute atomic E-state index is 12.0. The Morgan fingerprint density at radius 2 is 2.06 bits per heavy atom. The first kappa shape index (κ1) is 21.9. The summed E-state index contributed by atoms with van der Waals surface area (Å²) >= 11 is 0. The Bertz CT molecular complexity index is 1200. The molecule has 0 amide bonds. The van der Waals surface area contributed by atoms with E-state index in [-0.39, 0.29) is 0 Å². The van der Waals surface area contributed by atoms with Crippen LogP contribution >= 0.6 is 0 Å². The second-order valence-electron chi connectivity index (χ2n) is 8.50. The smallest absolute Gasteiger partial charge is 0.204 e. The molecule has 4 aromatic rings. The van der Waals surface area contributed by atoms with Gasteiger partial charge < -0.3 is 9.88 Å². The van der Waals surface area contributed by atoms with Crippen molar-refractivity contribution in [2.75, 3.05) is 11.9 Å². The Balaban J connectivity index is 1.43. The van der Waals surface area contributed by atoms with Gasteiger partial charge in [-0.2, -0.15) is 0 Å². The van der Waals surface area contributed by atoms with Gasteiger partial charge in [-0.1, -0.05) is 26.7 Å². The van der Waals surface area contributed by atoms with Gasteiger partial charge in [0.1, 0.15) is 11.6 Å². The van der Waals surface area contributed by atoms with E-state index in [1.165, 1.54) is 0 Å². The van der Waals surface area contributed by atoms with Gasteiger partial charge in [0.2, 0.25) is 5.65 Å². The van der Waals surface area contributed by atoms with Crippen molar-refractivity contribution in [3.8, 4) is 5.69 Å². The minimum Gasteiger partial charge on any atom is -0.367 e. The van der Waals surface area contributed by atoms with Gasteiger partial charge in [0.15, 0.2) is 5.82 Å². The van der Waals surface area contributed by atoms with Crippen LogP contribution in [-0.2, 0) is 4.79 Å². The van der Waals surface area contributed by atoms with E-state index < -0.39 is 0 Å². The number of anilines is 1. The minimum atomic E-state index is 0.387. The summed E-state index contributed by atoms with van der Waals surface area (Å²) in [5, 5.41) is 12.0. The lowest BCUT2D eigenvalue weighted by molar-refractivity contribution is -0.120. The van der Waals surface area contributed by atoms with Crippen molar-refractivity contribution in [2.24, 2.45) is 5.92 Å². The maximum Gasteiger partial charge on any atom is 0.204 e. The van der Waals surface area contributed by atoms with Gasteiger partial charge in [-0.3, -0.25) is 9.20 Å². The quantitative estimate of drug-likeness (QED) is 0.343. The van der Waals surface area contributed by atoms with Crippen molar-refractivity contribution in [1.29, 1.82) is 0 Å². The van der Waals surface area contributed by atoms with Gasteiger partial charge in [0, 0.05) is 37.5 Å². The zero-order valence-corrected chi connectivity index (χ0v) is 19.1. The predicted octanol–water partition coefficient (Wildman–Crippen LogP) is 4.75. The highest BCUT2D eigenvalue weighted by molar-refractivity contribution is 5.84. The molecule has 0 spiro atoms. The third-order valence-electron chi connectivity index (χ3n) is 5.97. The Morgan fingerprint density at radius 3 is 2.84 bits per heavy atom. The molecule has 4 rings (SSSR count). The molecule has 1 atom stereocenters. The van der Waals surface area contributed by atoms with E-state index in [4.69, 9.17) is 4.98 Å². The number of rotatable bonds is 11. The molecule has 32 heavy (non-hydrogen) atoms. The zero-order valence-electron chi connectivity index (χ0n) is 19.1. The second kappa shape index (κ2) is 9.89. The largest absolute Gasteiger partial charge is 0.367 e. The van der Waals surface area contributed by atoms with Crippen LogP contribution in [0.5, 0.6) is 0 Å². The van der Waals surface area contributed by atoms with E-state index in [9.17, 15) is 4.79 Å². The lowest BCUT2D eigenvalue weighted by atomic mass is 9.99. The molecule has 0 radical (unpaired) electrons. The average molecular weight is 434 g/mol. The Hall–Kier alpha value is -3.29. The Labute approximate surface area is 188 Å². The number of carbonyl (C=O) groups excluding carboxylic acids is 1. The number of ketones is 1. The predicted molar refractivity (Wildman–Crippen MR) is 126 cm³/mol. The topological polar surface area (TPSA) is 90.0 Å². The second-order valence-corrected chi connectivity index (χ2v) is 8.50. The van der Waals surface area contributed by atoms with Crippen LogP contribution in [0.25, 0.3) is 22.4 Å². The van der Waals surface area contributed by atoms with Gasteiger partial charge in [0.25, 0.3) is 0 Å². The number of unbranched alkanes of at least 4 members (excludes halogenated alkanes) is 2. The fourth-order valence-corrected chi connectivity index (χ4v) is 3.92. The number of hydrogen-bond donors (Lipinski definition) is 1. The first-order chi connectivity index (χ1) is 15.6. The maximum atomic E-state index is 12.0. The van der Waals surface area contributed by atoms with E-state index in [2.05, 4.69) is 34.3 Å². The van der Waals surface area contributed by atoms with Gasteiger partial charge >= 0.3 is 0 Å². The lowest BCUT2D eigenvalue weighted by Crippen LogP contribution is -2.08. The van der Waals surface area contributed by atoms with E-state index in [0.29, 0.717) is 24.5 Å². The first-order valence-corrected chi connectivity index (χ1v) is 11.5. The monoisotopic (exact) mass is 433 g/mol. The van der Waals surface area contributed by atoms with Crippen LogP contribution in [0.1, 0.15) is 58.2 Å². The average Bonchev–Trinajstić information content (AvgIpc) is 3.46. The summed E-state index contributed by atoms with van der Waals surface area (Å²) in [5.74, 6) is 2.43. The molecule has 0 bridgehead atoms. The number of nitrogens with zero attached hydrogens (tertiary/aromatic N) is 6. The Morgan fingerprint density at radius 1 is 1.19 bits per heavy atom. The molecule has 1 unspecified atom stereocenters. The van der Waals surface area contributed by atoms with Crippen molar-refractivity contribution in [2.45, 2.75) is 59.3 Å². The van der Waals surface area contributed by atoms with Crippen molar-refractivity contribution in [1.82, 2.24) is 29.1 Å². The molecule has 0 aliphatic carbocycles. The van der Waals surface area contributed by atoms with Crippen molar-refractivity contribution in [3.63, 3.8) is 0 Å².